The lowest BCUT2D eigenvalue weighted by molar-refractivity contribution is -0.131. The summed E-state index contributed by atoms with van der Waals surface area (Å²) in [7, 11) is 0. The van der Waals surface area contributed by atoms with Gasteiger partial charge in [-0.25, -0.2) is 4.39 Å². The van der Waals surface area contributed by atoms with Gasteiger partial charge in [-0.3, -0.25) is 9.78 Å². The van der Waals surface area contributed by atoms with E-state index in [0.29, 0.717) is 6.54 Å². The predicted octanol–water partition coefficient (Wildman–Crippen LogP) is 1.24. The quantitative estimate of drug-likeness (QED) is 0.882. The maximum Gasteiger partial charge on any atom is 0.259 e. The van der Waals surface area contributed by atoms with Gasteiger partial charge in [0.2, 0.25) is 5.67 Å². The normalized spacial score (nSPS) is 21.6. The number of hydrogen-bond donors (Lipinski definition) is 2. The SMILES string of the molecule is Cl.Cl.O=C(NCc1ccccn1)C1(F)CCNC1. The van der Waals surface area contributed by atoms with Crippen LogP contribution in [0.5, 0.6) is 0 Å². The van der Waals surface area contributed by atoms with Crippen LogP contribution in [0.15, 0.2) is 24.4 Å². The lowest BCUT2D eigenvalue weighted by Crippen LogP contribution is -2.44. The van der Waals surface area contributed by atoms with Gasteiger partial charge in [-0.05, 0) is 18.7 Å². The molecule has 2 heterocycles. The van der Waals surface area contributed by atoms with Gasteiger partial charge in [0.05, 0.1) is 12.2 Å². The highest BCUT2D eigenvalue weighted by Crippen LogP contribution is 2.19. The molecule has 0 aromatic carbocycles. The molecule has 1 aliphatic rings. The molecule has 1 amide bonds. The number of amides is 1. The van der Waals surface area contributed by atoms with Gasteiger partial charge in [0.1, 0.15) is 0 Å². The molecule has 2 N–H and O–H groups in total. The van der Waals surface area contributed by atoms with E-state index < -0.39 is 11.6 Å². The number of alkyl halides is 1. The van der Waals surface area contributed by atoms with E-state index in [4.69, 9.17) is 0 Å². The van der Waals surface area contributed by atoms with Crippen molar-refractivity contribution in [3.05, 3.63) is 30.1 Å². The molecule has 1 aromatic rings. The molecule has 1 aromatic heterocycles. The number of rotatable bonds is 3. The van der Waals surface area contributed by atoms with Crippen molar-refractivity contribution in [2.24, 2.45) is 0 Å². The molecule has 1 saturated heterocycles. The number of halogens is 3. The zero-order chi connectivity index (χ0) is 11.4. The summed E-state index contributed by atoms with van der Waals surface area (Å²) < 4.78 is 13.9. The molecule has 0 radical (unpaired) electrons. The summed E-state index contributed by atoms with van der Waals surface area (Å²) >= 11 is 0. The highest BCUT2D eigenvalue weighted by Gasteiger charge is 2.41. The van der Waals surface area contributed by atoms with Crippen molar-refractivity contribution >= 4 is 30.7 Å². The minimum absolute atomic E-state index is 0. The van der Waals surface area contributed by atoms with Crippen LogP contribution in [0.3, 0.4) is 0 Å². The third-order valence-electron chi connectivity index (χ3n) is 2.67. The Hall–Kier alpha value is -0.910. The molecular weight excluding hydrogens is 280 g/mol. The highest BCUT2D eigenvalue weighted by molar-refractivity contribution is 5.86. The summed E-state index contributed by atoms with van der Waals surface area (Å²) in [6.45, 7) is 0.917. The van der Waals surface area contributed by atoms with Crippen molar-refractivity contribution in [3.63, 3.8) is 0 Å². The summed E-state index contributed by atoms with van der Waals surface area (Å²) in [6.07, 6.45) is 1.88. The number of hydrogen-bond acceptors (Lipinski definition) is 3. The van der Waals surface area contributed by atoms with Crippen molar-refractivity contribution in [1.82, 2.24) is 15.6 Å². The Labute approximate surface area is 118 Å². The smallest absolute Gasteiger partial charge is 0.259 e. The summed E-state index contributed by atoms with van der Waals surface area (Å²) in [5, 5.41) is 5.41. The first-order chi connectivity index (χ1) is 7.71. The third-order valence-corrected chi connectivity index (χ3v) is 2.67. The van der Waals surface area contributed by atoms with Crippen LogP contribution < -0.4 is 10.6 Å². The highest BCUT2D eigenvalue weighted by atomic mass is 35.5. The summed E-state index contributed by atoms with van der Waals surface area (Å²) in [4.78, 5) is 15.6. The molecule has 1 aliphatic heterocycles. The zero-order valence-electron chi connectivity index (χ0n) is 9.69. The Balaban J connectivity index is 0.00000144. The lowest BCUT2D eigenvalue weighted by Gasteiger charge is -2.17. The average molecular weight is 296 g/mol. The monoisotopic (exact) mass is 295 g/mol. The van der Waals surface area contributed by atoms with Gasteiger partial charge in [0.15, 0.2) is 0 Å². The lowest BCUT2D eigenvalue weighted by atomic mass is 10.1. The topological polar surface area (TPSA) is 54.0 Å². The van der Waals surface area contributed by atoms with Crippen LogP contribution in [-0.4, -0.2) is 29.6 Å². The molecule has 18 heavy (non-hydrogen) atoms. The summed E-state index contributed by atoms with van der Waals surface area (Å²) in [5.41, 5.74) is -1.03. The molecule has 4 nitrogen and oxygen atoms in total. The van der Waals surface area contributed by atoms with Crippen molar-refractivity contribution in [2.45, 2.75) is 18.6 Å². The van der Waals surface area contributed by atoms with E-state index in [1.807, 2.05) is 6.07 Å². The second kappa shape index (κ2) is 7.51. The van der Waals surface area contributed by atoms with Crippen LogP contribution in [0.4, 0.5) is 4.39 Å². The van der Waals surface area contributed by atoms with Crippen LogP contribution in [0.25, 0.3) is 0 Å². The Kier molecular flexibility index (Phi) is 7.13. The van der Waals surface area contributed by atoms with Gasteiger partial charge in [0.25, 0.3) is 5.91 Å². The van der Waals surface area contributed by atoms with Gasteiger partial charge in [-0.15, -0.1) is 24.8 Å². The van der Waals surface area contributed by atoms with E-state index in [1.165, 1.54) is 0 Å². The molecule has 1 unspecified atom stereocenters. The summed E-state index contributed by atoms with van der Waals surface area (Å²) in [5.74, 6) is -0.553. The molecule has 0 spiro atoms. The Bertz CT molecular complexity index is 372. The van der Waals surface area contributed by atoms with Crippen molar-refractivity contribution < 1.29 is 9.18 Å². The van der Waals surface area contributed by atoms with Gasteiger partial charge in [0, 0.05) is 19.2 Å². The number of nitrogens with one attached hydrogen (secondary N) is 2. The van der Waals surface area contributed by atoms with Crippen molar-refractivity contribution in [3.8, 4) is 0 Å². The van der Waals surface area contributed by atoms with Crippen LogP contribution >= 0.6 is 24.8 Å². The van der Waals surface area contributed by atoms with Gasteiger partial charge in [-0.1, -0.05) is 6.07 Å². The van der Waals surface area contributed by atoms with Crippen molar-refractivity contribution in [1.29, 1.82) is 0 Å². The first-order valence-corrected chi connectivity index (χ1v) is 5.28. The molecule has 1 atom stereocenters. The standard InChI is InChI=1S/C11H14FN3O.2ClH/c12-11(4-6-13-8-11)10(16)15-7-9-3-1-2-5-14-9;;/h1-3,5,13H,4,6-8H2,(H,15,16);2*1H. The van der Waals surface area contributed by atoms with Gasteiger partial charge < -0.3 is 10.6 Å². The van der Waals surface area contributed by atoms with E-state index in [0.717, 1.165) is 5.69 Å². The molecule has 0 saturated carbocycles. The maximum absolute atomic E-state index is 13.9. The molecular formula is C11H16Cl2FN3O. The number of aromatic nitrogens is 1. The average Bonchev–Trinajstić information content (AvgIpc) is 2.76. The first kappa shape index (κ1) is 17.1. The predicted molar refractivity (Wildman–Crippen MR) is 71.9 cm³/mol. The van der Waals surface area contributed by atoms with Crippen LogP contribution in [0.1, 0.15) is 12.1 Å². The van der Waals surface area contributed by atoms with Gasteiger partial charge in [-0.2, -0.15) is 0 Å². The minimum atomic E-state index is -1.76. The fourth-order valence-electron chi connectivity index (χ4n) is 1.69. The number of carbonyl (C=O) groups is 1. The zero-order valence-corrected chi connectivity index (χ0v) is 11.3. The fourth-order valence-corrected chi connectivity index (χ4v) is 1.69. The second-order valence-electron chi connectivity index (χ2n) is 3.90. The Morgan fingerprint density at radius 1 is 1.50 bits per heavy atom. The second-order valence-corrected chi connectivity index (χ2v) is 3.90. The van der Waals surface area contributed by atoms with E-state index >= 15 is 0 Å². The Morgan fingerprint density at radius 2 is 2.28 bits per heavy atom. The number of pyridine rings is 1. The first-order valence-electron chi connectivity index (χ1n) is 5.28. The third kappa shape index (κ3) is 4.08. The fraction of sp³-hybridized carbons (Fsp3) is 0.455. The van der Waals surface area contributed by atoms with E-state index in [1.54, 1.807) is 18.3 Å². The number of carbonyl (C=O) groups excluding carboxylic acids is 1. The minimum Gasteiger partial charge on any atom is -0.348 e. The molecule has 1 fully saturated rings. The van der Waals surface area contributed by atoms with Crippen molar-refractivity contribution in [2.75, 3.05) is 13.1 Å². The Morgan fingerprint density at radius 3 is 2.83 bits per heavy atom. The molecule has 0 bridgehead atoms. The molecule has 102 valence electrons. The van der Waals surface area contributed by atoms with Crippen LogP contribution in [-0.2, 0) is 11.3 Å². The van der Waals surface area contributed by atoms with E-state index in [9.17, 15) is 9.18 Å². The number of nitrogens with zero attached hydrogens (tertiary/aromatic N) is 1. The largest absolute Gasteiger partial charge is 0.348 e. The molecule has 0 aliphatic carbocycles. The van der Waals surface area contributed by atoms with E-state index in [-0.39, 0.29) is 44.3 Å². The summed E-state index contributed by atoms with van der Waals surface area (Å²) in [6, 6.07) is 5.41. The van der Waals surface area contributed by atoms with Crippen LogP contribution in [0.2, 0.25) is 0 Å². The van der Waals surface area contributed by atoms with Crippen LogP contribution in [0, 0.1) is 0 Å². The van der Waals surface area contributed by atoms with Gasteiger partial charge >= 0.3 is 0 Å². The van der Waals surface area contributed by atoms with E-state index in [2.05, 4.69) is 15.6 Å². The molecule has 2 rings (SSSR count). The maximum atomic E-state index is 13.9. The molecule has 7 heteroatoms.